The average molecular weight is 410 g/mol. The topological polar surface area (TPSA) is 137 Å². The normalized spacial score (nSPS) is 18.7. The molecule has 2 unspecified atom stereocenters. The number of amides is 1. The number of carbonyl (C=O) groups is 1. The van der Waals surface area contributed by atoms with Gasteiger partial charge in [0, 0.05) is 24.5 Å². The fourth-order valence-corrected chi connectivity index (χ4v) is 3.57. The lowest BCUT2D eigenvalue weighted by Crippen LogP contribution is -2.43. The molecule has 1 aliphatic rings. The van der Waals surface area contributed by atoms with Crippen LogP contribution in [-0.4, -0.2) is 37.7 Å². The van der Waals surface area contributed by atoms with Gasteiger partial charge in [-0.25, -0.2) is 14.1 Å². The van der Waals surface area contributed by atoms with Gasteiger partial charge in [-0.3, -0.25) is 9.78 Å². The molecule has 1 aliphatic carbocycles. The van der Waals surface area contributed by atoms with Crippen LogP contribution < -0.4 is 22.1 Å². The first-order valence-electron chi connectivity index (χ1n) is 9.76. The minimum Gasteiger partial charge on any atom is -0.365 e. The average Bonchev–Trinajstić information content (AvgIpc) is 3.27. The minimum atomic E-state index is -0.791. The maximum Gasteiger partial charge on any atom is 0.252 e. The Morgan fingerprint density at radius 1 is 1.20 bits per heavy atom. The van der Waals surface area contributed by atoms with Crippen molar-refractivity contribution in [1.82, 2.24) is 19.7 Å². The van der Waals surface area contributed by atoms with Crippen LogP contribution in [0, 0.1) is 5.82 Å². The van der Waals surface area contributed by atoms with Gasteiger partial charge < -0.3 is 22.1 Å². The molecular weight excluding hydrogens is 387 g/mol. The fourth-order valence-electron chi connectivity index (χ4n) is 3.57. The van der Waals surface area contributed by atoms with Crippen molar-refractivity contribution in [3.05, 3.63) is 54.4 Å². The predicted octanol–water partition coefficient (Wildman–Crippen LogP) is 2.33. The fraction of sp³-hybridized carbons (Fsp3) is 0.300. The Labute approximate surface area is 172 Å². The van der Waals surface area contributed by atoms with Crippen molar-refractivity contribution < 1.29 is 9.18 Å². The molecule has 0 aromatic carbocycles. The van der Waals surface area contributed by atoms with Crippen molar-refractivity contribution in [2.24, 2.45) is 11.5 Å². The Morgan fingerprint density at radius 3 is 2.77 bits per heavy atom. The summed E-state index contributed by atoms with van der Waals surface area (Å²) in [6.45, 7) is 0. The number of aromatic nitrogens is 4. The number of anilines is 3. The van der Waals surface area contributed by atoms with Crippen LogP contribution in [-0.2, 0) is 0 Å². The number of primary amides is 1. The van der Waals surface area contributed by atoms with Gasteiger partial charge >= 0.3 is 0 Å². The van der Waals surface area contributed by atoms with Crippen LogP contribution >= 0.6 is 0 Å². The molecule has 9 nitrogen and oxygen atoms in total. The van der Waals surface area contributed by atoms with E-state index in [2.05, 4.69) is 25.7 Å². The third-order valence-corrected chi connectivity index (χ3v) is 5.14. The van der Waals surface area contributed by atoms with Gasteiger partial charge in [-0.1, -0.05) is 12.8 Å². The van der Waals surface area contributed by atoms with Crippen LogP contribution in [0.2, 0.25) is 0 Å². The van der Waals surface area contributed by atoms with Gasteiger partial charge in [0.15, 0.2) is 11.6 Å². The largest absolute Gasteiger partial charge is 0.365 e. The van der Waals surface area contributed by atoms with Gasteiger partial charge in [0.1, 0.15) is 5.82 Å². The van der Waals surface area contributed by atoms with Gasteiger partial charge in [0.25, 0.3) is 5.91 Å². The van der Waals surface area contributed by atoms with Crippen LogP contribution in [0.3, 0.4) is 0 Å². The summed E-state index contributed by atoms with van der Waals surface area (Å²) >= 11 is 0. The summed E-state index contributed by atoms with van der Waals surface area (Å²) < 4.78 is 16.3. The Balaban J connectivity index is 1.64. The summed E-state index contributed by atoms with van der Waals surface area (Å²) in [5.41, 5.74) is 12.8. The van der Waals surface area contributed by atoms with E-state index in [-0.39, 0.29) is 29.3 Å². The Bertz CT molecular complexity index is 1040. The summed E-state index contributed by atoms with van der Waals surface area (Å²) in [6.07, 6.45) is 10.4. The van der Waals surface area contributed by atoms with Crippen molar-refractivity contribution in [1.29, 1.82) is 0 Å². The van der Waals surface area contributed by atoms with Gasteiger partial charge in [-0.05, 0) is 31.0 Å². The van der Waals surface area contributed by atoms with E-state index >= 15 is 0 Å². The number of rotatable bonds is 6. The van der Waals surface area contributed by atoms with E-state index in [0.717, 1.165) is 31.7 Å². The molecule has 30 heavy (non-hydrogen) atoms. The van der Waals surface area contributed by atoms with Crippen LogP contribution in [0.5, 0.6) is 0 Å². The lowest BCUT2D eigenvalue weighted by Gasteiger charge is -2.30. The van der Waals surface area contributed by atoms with Crippen molar-refractivity contribution in [3.63, 3.8) is 0 Å². The first-order valence-corrected chi connectivity index (χ1v) is 9.76. The quantitative estimate of drug-likeness (QED) is 0.489. The number of nitrogens with two attached hydrogens (primary N) is 2. The maximum absolute atomic E-state index is 14.6. The smallest absolute Gasteiger partial charge is 0.252 e. The van der Waals surface area contributed by atoms with Gasteiger partial charge in [-0.15, -0.1) is 0 Å². The molecular formula is C20H23FN8O. The molecule has 0 bridgehead atoms. The van der Waals surface area contributed by atoms with E-state index in [1.165, 1.54) is 0 Å². The number of nitrogens with zero attached hydrogens (tertiary/aromatic N) is 4. The molecule has 3 aromatic heterocycles. The van der Waals surface area contributed by atoms with Gasteiger partial charge in [0.2, 0.25) is 0 Å². The van der Waals surface area contributed by atoms with E-state index in [9.17, 15) is 9.18 Å². The number of hydrogen-bond acceptors (Lipinski definition) is 7. The van der Waals surface area contributed by atoms with Crippen molar-refractivity contribution >= 4 is 23.2 Å². The molecule has 6 N–H and O–H groups in total. The third kappa shape index (κ3) is 4.23. The highest BCUT2D eigenvalue weighted by molar-refractivity contribution is 5.98. The van der Waals surface area contributed by atoms with Crippen LogP contribution in [0.1, 0.15) is 36.0 Å². The molecule has 156 valence electrons. The molecule has 0 saturated heterocycles. The standard InChI is InChI=1S/C20H23FN8O/c21-15-9-14(18(23)30)19(28-20(15)27-17-5-2-1-4-16(17)22)26-12-8-13(11-24-10-12)29-7-3-6-25-29/h3,6-11,16-17H,1-2,4-5,22H2,(H2,23,30)(H2,26,27,28). The minimum absolute atomic E-state index is 0.0287. The zero-order valence-corrected chi connectivity index (χ0v) is 16.3. The lowest BCUT2D eigenvalue weighted by atomic mass is 9.91. The molecule has 2 atom stereocenters. The number of pyridine rings is 2. The summed E-state index contributed by atoms with van der Waals surface area (Å²) in [5, 5.41) is 10.3. The predicted molar refractivity (Wildman–Crippen MR) is 111 cm³/mol. The van der Waals surface area contributed by atoms with Crippen molar-refractivity contribution in [3.8, 4) is 5.69 Å². The molecule has 4 rings (SSSR count). The molecule has 1 fully saturated rings. The Morgan fingerprint density at radius 2 is 2.03 bits per heavy atom. The maximum atomic E-state index is 14.6. The second-order valence-electron chi connectivity index (χ2n) is 7.29. The summed E-state index contributed by atoms with van der Waals surface area (Å²) in [7, 11) is 0. The van der Waals surface area contributed by atoms with Crippen molar-refractivity contribution in [2.45, 2.75) is 37.8 Å². The SMILES string of the molecule is NC(=O)c1cc(F)c(NC2CCCCC2N)nc1Nc1cncc(-n2cccn2)c1. The molecule has 10 heteroatoms. The van der Waals surface area contributed by atoms with E-state index in [1.54, 1.807) is 41.6 Å². The van der Waals surface area contributed by atoms with Crippen LogP contribution in [0.15, 0.2) is 43.0 Å². The summed E-state index contributed by atoms with van der Waals surface area (Å²) in [4.78, 5) is 20.4. The van der Waals surface area contributed by atoms with Crippen molar-refractivity contribution in [2.75, 3.05) is 10.6 Å². The number of hydrogen-bond donors (Lipinski definition) is 4. The summed E-state index contributed by atoms with van der Waals surface area (Å²) in [5.74, 6) is -1.28. The molecule has 3 heterocycles. The third-order valence-electron chi connectivity index (χ3n) is 5.14. The monoisotopic (exact) mass is 410 g/mol. The molecule has 1 amide bonds. The van der Waals surface area contributed by atoms with Crippen LogP contribution in [0.25, 0.3) is 5.69 Å². The van der Waals surface area contributed by atoms with E-state index in [1.807, 2.05) is 0 Å². The first kappa shape index (κ1) is 19.8. The molecule has 0 aliphatic heterocycles. The van der Waals surface area contributed by atoms with E-state index in [0.29, 0.717) is 11.4 Å². The van der Waals surface area contributed by atoms with Gasteiger partial charge in [-0.2, -0.15) is 5.10 Å². The van der Waals surface area contributed by atoms with Crippen LogP contribution in [0.4, 0.5) is 21.7 Å². The van der Waals surface area contributed by atoms with Gasteiger partial charge in [0.05, 0.1) is 29.3 Å². The second-order valence-corrected chi connectivity index (χ2v) is 7.29. The zero-order valence-electron chi connectivity index (χ0n) is 16.3. The number of carbonyl (C=O) groups excluding carboxylic acids is 1. The van der Waals surface area contributed by atoms with E-state index < -0.39 is 11.7 Å². The highest BCUT2D eigenvalue weighted by Crippen LogP contribution is 2.27. The first-order chi connectivity index (χ1) is 14.5. The molecule has 0 spiro atoms. The number of nitrogens with one attached hydrogen (secondary N) is 2. The highest BCUT2D eigenvalue weighted by atomic mass is 19.1. The Hall–Kier alpha value is -3.53. The molecule has 0 radical (unpaired) electrons. The highest BCUT2D eigenvalue weighted by Gasteiger charge is 2.24. The van der Waals surface area contributed by atoms with E-state index in [4.69, 9.17) is 11.5 Å². The molecule has 3 aromatic rings. The number of halogens is 1. The lowest BCUT2D eigenvalue weighted by molar-refractivity contribution is 0.100. The summed E-state index contributed by atoms with van der Waals surface area (Å²) in [6, 6.07) is 4.49. The zero-order chi connectivity index (χ0) is 21.1. The Kier molecular flexibility index (Phi) is 5.57. The molecule has 1 saturated carbocycles. The second kappa shape index (κ2) is 8.46.